The molecule has 0 spiro atoms. The van der Waals surface area contributed by atoms with Crippen molar-refractivity contribution in [3.63, 3.8) is 0 Å². The number of hydrogen-bond donors (Lipinski definition) is 1. The van der Waals surface area contributed by atoms with E-state index in [4.69, 9.17) is 19.9 Å². The van der Waals surface area contributed by atoms with Crippen molar-refractivity contribution in [1.29, 1.82) is 0 Å². The molecule has 0 radical (unpaired) electrons. The van der Waals surface area contributed by atoms with Gasteiger partial charge in [-0.25, -0.2) is 0 Å². The Bertz CT molecular complexity index is 668. The lowest BCUT2D eigenvalue weighted by molar-refractivity contribution is 0.249. The van der Waals surface area contributed by atoms with E-state index >= 15 is 0 Å². The molecule has 24 heavy (non-hydrogen) atoms. The van der Waals surface area contributed by atoms with E-state index in [2.05, 4.69) is 0 Å². The molecule has 0 aromatic heterocycles. The summed E-state index contributed by atoms with van der Waals surface area (Å²) in [4.78, 5) is 0. The first-order valence-electron chi connectivity index (χ1n) is 8.41. The highest BCUT2D eigenvalue weighted by Crippen LogP contribution is 2.43. The molecule has 0 heterocycles. The van der Waals surface area contributed by atoms with Crippen LogP contribution >= 0.6 is 0 Å². The Labute approximate surface area is 143 Å². The van der Waals surface area contributed by atoms with Gasteiger partial charge in [0.25, 0.3) is 0 Å². The lowest BCUT2D eigenvalue weighted by atomic mass is 9.77. The van der Waals surface area contributed by atoms with Crippen molar-refractivity contribution < 1.29 is 14.2 Å². The molecule has 3 rings (SSSR count). The summed E-state index contributed by atoms with van der Waals surface area (Å²) >= 11 is 0. The Morgan fingerprint density at radius 3 is 2.25 bits per heavy atom. The third kappa shape index (κ3) is 3.49. The maximum absolute atomic E-state index is 6.51. The number of ether oxygens (including phenoxy) is 3. The first kappa shape index (κ1) is 16.7. The average Bonchev–Trinajstić information content (AvgIpc) is 2.58. The zero-order valence-corrected chi connectivity index (χ0v) is 14.3. The molecule has 0 amide bonds. The molecule has 1 aliphatic carbocycles. The van der Waals surface area contributed by atoms with Gasteiger partial charge < -0.3 is 19.9 Å². The average molecular weight is 327 g/mol. The fourth-order valence-corrected chi connectivity index (χ4v) is 3.05. The molecule has 4 heteroatoms. The summed E-state index contributed by atoms with van der Waals surface area (Å²) in [6, 6.07) is 13.9. The van der Waals surface area contributed by atoms with Gasteiger partial charge in [0.15, 0.2) is 11.5 Å². The quantitative estimate of drug-likeness (QED) is 0.832. The highest BCUT2D eigenvalue weighted by Gasteiger charge is 2.29. The van der Waals surface area contributed by atoms with Crippen LogP contribution in [-0.2, 0) is 6.61 Å². The number of nitrogens with two attached hydrogens (primary N) is 1. The lowest BCUT2D eigenvalue weighted by Gasteiger charge is -2.32. The molecule has 128 valence electrons. The van der Waals surface area contributed by atoms with E-state index in [1.807, 2.05) is 42.5 Å². The Balaban J connectivity index is 1.88. The fourth-order valence-electron chi connectivity index (χ4n) is 3.05. The molecule has 2 aromatic carbocycles. The number of benzene rings is 2. The molecule has 1 aliphatic rings. The molecule has 1 atom stereocenters. The van der Waals surface area contributed by atoms with Gasteiger partial charge in [0, 0.05) is 17.7 Å². The largest absolute Gasteiger partial charge is 0.493 e. The Hall–Kier alpha value is -2.20. The SMILES string of the molecule is COc1cc(OCc2ccccc2)c([C@H](N)C2CCC2)cc1OC. The molecular weight excluding hydrogens is 302 g/mol. The standard InChI is InChI=1S/C20H25NO3/c1-22-18-11-16(20(21)15-9-6-10-15)17(12-19(18)23-2)24-13-14-7-4-3-5-8-14/h3-5,7-8,11-12,15,20H,6,9-10,13,21H2,1-2H3/t20-/m1/s1. The minimum absolute atomic E-state index is 0.0377. The Morgan fingerprint density at radius 1 is 1.00 bits per heavy atom. The summed E-state index contributed by atoms with van der Waals surface area (Å²) in [7, 11) is 3.27. The first-order valence-corrected chi connectivity index (χ1v) is 8.41. The van der Waals surface area contributed by atoms with Crippen LogP contribution in [0.4, 0.5) is 0 Å². The van der Waals surface area contributed by atoms with Crippen LogP contribution in [0.25, 0.3) is 0 Å². The number of methoxy groups -OCH3 is 2. The summed E-state index contributed by atoms with van der Waals surface area (Å²) in [5.41, 5.74) is 8.62. The van der Waals surface area contributed by atoms with E-state index in [1.54, 1.807) is 14.2 Å². The summed E-state index contributed by atoms with van der Waals surface area (Å²) in [5.74, 6) is 2.64. The molecule has 0 saturated heterocycles. The van der Waals surface area contributed by atoms with Gasteiger partial charge >= 0.3 is 0 Å². The Kier molecular flexibility index (Phi) is 5.26. The maximum atomic E-state index is 6.51. The van der Waals surface area contributed by atoms with Crippen LogP contribution in [-0.4, -0.2) is 14.2 Å². The highest BCUT2D eigenvalue weighted by molar-refractivity contribution is 5.52. The van der Waals surface area contributed by atoms with Gasteiger partial charge in [0.05, 0.1) is 14.2 Å². The third-order valence-electron chi connectivity index (χ3n) is 4.77. The van der Waals surface area contributed by atoms with Gasteiger partial charge in [-0.1, -0.05) is 36.8 Å². The molecule has 0 unspecified atom stereocenters. The van der Waals surface area contributed by atoms with E-state index in [0.29, 0.717) is 24.0 Å². The smallest absolute Gasteiger partial charge is 0.164 e. The van der Waals surface area contributed by atoms with Crippen molar-refractivity contribution in [2.75, 3.05) is 14.2 Å². The minimum atomic E-state index is -0.0377. The van der Waals surface area contributed by atoms with Crippen molar-refractivity contribution in [2.24, 2.45) is 11.7 Å². The topological polar surface area (TPSA) is 53.7 Å². The van der Waals surface area contributed by atoms with Crippen LogP contribution in [0.1, 0.15) is 36.4 Å². The van der Waals surface area contributed by atoms with Crippen LogP contribution < -0.4 is 19.9 Å². The zero-order valence-electron chi connectivity index (χ0n) is 14.3. The van der Waals surface area contributed by atoms with E-state index in [0.717, 1.165) is 16.9 Å². The van der Waals surface area contributed by atoms with Gasteiger partial charge in [0.2, 0.25) is 0 Å². The molecule has 1 fully saturated rings. The van der Waals surface area contributed by atoms with E-state index in [-0.39, 0.29) is 6.04 Å². The van der Waals surface area contributed by atoms with Crippen LogP contribution in [0.3, 0.4) is 0 Å². The molecule has 1 saturated carbocycles. The third-order valence-corrected chi connectivity index (χ3v) is 4.77. The summed E-state index contributed by atoms with van der Waals surface area (Å²) in [6.07, 6.45) is 3.60. The monoisotopic (exact) mass is 327 g/mol. The molecular formula is C20H25NO3. The van der Waals surface area contributed by atoms with Crippen LogP contribution in [0, 0.1) is 5.92 Å². The van der Waals surface area contributed by atoms with E-state index in [9.17, 15) is 0 Å². The van der Waals surface area contributed by atoms with Gasteiger partial charge in [-0.3, -0.25) is 0 Å². The second-order valence-electron chi connectivity index (χ2n) is 6.24. The predicted octanol–water partition coefficient (Wildman–Crippen LogP) is 4.08. The van der Waals surface area contributed by atoms with Crippen LogP contribution in [0.2, 0.25) is 0 Å². The van der Waals surface area contributed by atoms with Crippen molar-refractivity contribution in [3.05, 3.63) is 53.6 Å². The zero-order chi connectivity index (χ0) is 16.9. The normalized spacial score (nSPS) is 15.5. The Morgan fingerprint density at radius 2 is 1.67 bits per heavy atom. The van der Waals surface area contributed by atoms with Crippen molar-refractivity contribution in [2.45, 2.75) is 31.9 Å². The second-order valence-corrected chi connectivity index (χ2v) is 6.24. The summed E-state index contributed by atoms with van der Waals surface area (Å²) in [5, 5.41) is 0. The van der Waals surface area contributed by atoms with Crippen LogP contribution in [0.15, 0.2) is 42.5 Å². The van der Waals surface area contributed by atoms with Gasteiger partial charge in [-0.15, -0.1) is 0 Å². The molecule has 0 bridgehead atoms. The predicted molar refractivity (Wildman–Crippen MR) is 94.6 cm³/mol. The lowest BCUT2D eigenvalue weighted by Crippen LogP contribution is -2.27. The minimum Gasteiger partial charge on any atom is -0.493 e. The fraction of sp³-hybridized carbons (Fsp3) is 0.400. The van der Waals surface area contributed by atoms with Crippen LogP contribution in [0.5, 0.6) is 17.2 Å². The number of hydrogen-bond acceptors (Lipinski definition) is 4. The first-order chi connectivity index (χ1) is 11.7. The molecule has 4 nitrogen and oxygen atoms in total. The summed E-state index contributed by atoms with van der Waals surface area (Å²) in [6.45, 7) is 0.501. The number of rotatable bonds is 7. The van der Waals surface area contributed by atoms with Gasteiger partial charge in [-0.2, -0.15) is 0 Å². The highest BCUT2D eigenvalue weighted by atomic mass is 16.5. The molecule has 0 aliphatic heterocycles. The molecule has 2 N–H and O–H groups in total. The summed E-state index contributed by atoms with van der Waals surface area (Å²) < 4.78 is 16.9. The van der Waals surface area contributed by atoms with Crippen molar-refractivity contribution in [3.8, 4) is 17.2 Å². The van der Waals surface area contributed by atoms with E-state index in [1.165, 1.54) is 19.3 Å². The van der Waals surface area contributed by atoms with Gasteiger partial charge in [-0.05, 0) is 30.4 Å². The van der Waals surface area contributed by atoms with Crippen molar-refractivity contribution in [1.82, 2.24) is 0 Å². The molecule has 2 aromatic rings. The van der Waals surface area contributed by atoms with Gasteiger partial charge in [0.1, 0.15) is 12.4 Å². The van der Waals surface area contributed by atoms with E-state index < -0.39 is 0 Å². The second kappa shape index (κ2) is 7.58. The van der Waals surface area contributed by atoms with Crippen molar-refractivity contribution >= 4 is 0 Å². The maximum Gasteiger partial charge on any atom is 0.164 e.